The minimum Gasteiger partial charge on any atom is -0.398 e. The summed E-state index contributed by atoms with van der Waals surface area (Å²) >= 11 is 0. The van der Waals surface area contributed by atoms with Crippen molar-refractivity contribution in [3.8, 4) is 12.3 Å². The van der Waals surface area contributed by atoms with Gasteiger partial charge >= 0.3 is 0 Å². The Labute approximate surface area is 95.9 Å². The largest absolute Gasteiger partial charge is 0.398 e. The van der Waals surface area contributed by atoms with Gasteiger partial charge in [0.1, 0.15) is 4.90 Å². The van der Waals surface area contributed by atoms with Crippen LogP contribution in [0.4, 0.5) is 5.69 Å². The Hall–Kier alpha value is -1.51. The van der Waals surface area contributed by atoms with E-state index in [0.29, 0.717) is 0 Å². The minimum atomic E-state index is -3.61. The number of nitrogen functional groups attached to an aromatic ring is 1. The first-order valence-electron chi connectivity index (χ1n) is 4.68. The monoisotopic (exact) mass is 238 g/mol. The number of hydrogen-bond acceptors (Lipinski definition) is 3. The van der Waals surface area contributed by atoms with E-state index in [1.54, 1.807) is 12.1 Å². The molecule has 0 saturated heterocycles. The van der Waals surface area contributed by atoms with Gasteiger partial charge < -0.3 is 5.73 Å². The van der Waals surface area contributed by atoms with Crippen molar-refractivity contribution in [3.63, 3.8) is 0 Å². The third-order valence-corrected chi connectivity index (χ3v) is 3.74. The van der Waals surface area contributed by atoms with Gasteiger partial charge in [0.05, 0.1) is 12.2 Å². The van der Waals surface area contributed by atoms with Crippen LogP contribution in [-0.4, -0.2) is 15.0 Å². The summed E-state index contributed by atoms with van der Waals surface area (Å²) in [7, 11) is -3.61. The first-order valence-corrected chi connectivity index (χ1v) is 6.16. The minimum absolute atomic E-state index is 0.0469. The average Bonchev–Trinajstić information content (AvgIpc) is 2.20. The fourth-order valence-corrected chi connectivity index (χ4v) is 2.39. The number of rotatable bonds is 3. The van der Waals surface area contributed by atoms with E-state index in [0.717, 1.165) is 11.1 Å². The van der Waals surface area contributed by atoms with Gasteiger partial charge in [-0.25, -0.2) is 8.42 Å². The molecule has 0 spiro atoms. The molecule has 0 radical (unpaired) electrons. The molecule has 5 heteroatoms. The maximum absolute atomic E-state index is 11.8. The zero-order valence-corrected chi connectivity index (χ0v) is 10.1. The predicted octanol–water partition coefficient (Wildman–Crippen LogP) is 0.797. The second-order valence-corrected chi connectivity index (χ2v) is 5.24. The molecule has 0 unspecified atom stereocenters. The smallest absolute Gasteiger partial charge is 0.243 e. The molecule has 3 N–H and O–H groups in total. The highest BCUT2D eigenvalue weighted by molar-refractivity contribution is 7.89. The Morgan fingerprint density at radius 3 is 2.50 bits per heavy atom. The van der Waals surface area contributed by atoms with Crippen LogP contribution >= 0.6 is 0 Å². The number of aryl methyl sites for hydroxylation is 2. The molecule has 0 saturated carbocycles. The van der Waals surface area contributed by atoms with Gasteiger partial charge in [-0.3, -0.25) is 0 Å². The topological polar surface area (TPSA) is 72.2 Å². The highest BCUT2D eigenvalue weighted by atomic mass is 32.2. The third kappa shape index (κ3) is 2.54. The summed E-state index contributed by atoms with van der Waals surface area (Å²) in [4.78, 5) is 0.0749. The van der Waals surface area contributed by atoms with Gasteiger partial charge in [0.15, 0.2) is 0 Å². The average molecular weight is 238 g/mol. The molecule has 86 valence electrons. The third-order valence-electron chi connectivity index (χ3n) is 2.28. The van der Waals surface area contributed by atoms with Crippen LogP contribution in [0.5, 0.6) is 0 Å². The van der Waals surface area contributed by atoms with Gasteiger partial charge in [-0.1, -0.05) is 5.92 Å². The van der Waals surface area contributed by atoms with Gasteiger partial charge in [0.25, 0.3) is 0 Å². The number of anilines is 1. The standard InChI is InChI=1S/C11H14N2O2S/c1-4-5-13-16(14,15)11-7-9(3)8(2)6-10(11)12/h1,6-7,13H,5,12H2,2-3H3. The molecule has 0 aliphatic carbocycles. The number of nitrogens with two attached hydrogens (primary N) is 1. The number of terminal acetylenes is 1. The summed E-state index contributed by atoms with van der Waals surface area (Å²) in [6.07, 6.45) is 5.00. The number of hydrogen-bond donors (Lipinski definition) is 2. The van der Waals surface area contributed by atoms with Gasteiger partial charge in [0, 0.05) is 0 Å². The lowest BCUT2D eigenvalue weighted by Gasteiger charge is -2.10. The van der Waals surface area contributed by atoms with Gasteiger partial charge in [0.2, 0.25) is 10.0 Å². The van der Waals surface area contributed by atoms with Crippen LogP contribution in [0.3, 0.4) is 0 Å². The quantitative estimate of drug-likeness (QED) is 0.604. The van der Waals surface area contributed by atoms with Crippen molar-refractivity contribution in [2.75, 3.05) is 12.3 Å². The Bertz CT molecular complexity index is 542. The number of benzene rings is 1. The summed E-state index contributed by atoms with van der Waals surface area (Å²) in [6, 6.07) is 3.18. The molecular formula is C11H14N2O2S. The molecular weight excluding hydrogens is 224 g/mol. The highest BCUT2D eigenvalue weighted by Gasteiger charge is 2.17. The second-order valence-electron chi connectivity index (χ2n) is 3.50. The second kappa shape index (κ2) is 4.56. The zero-order chi connectivity index (χ0) is 12.3. The molecule has 1 aromatic rings. The van der Waals surface area contributed by atoms with Crippen LogP contribution in [0.25, 0.3) is 0 Å². The normalized spacial score (nSPS) is 11.1. The van der Waals surface area contributed by atoms with Crippen LogP contribution in [-0.2, 0) is 10.0 Å². The van der Waals surface area contributed by atoms with Crippen LogP contribution in [0.15, 0.2) is 17.0 Å². The van der Waals surface area contributed by atoms with E-state index in [4.69, 9.17) is 12.2 Å². The molecule has 16 heavy (non-hydrogen) atoms. The Kier molecular flexibility index (Phi) is 3.58. The van der Waals surface area contributed by atoms with Crippen molar-refractivity contribution in [1.82, 2.24) is 4.72 Å². The lowest BCUT2D eigenvalue weighted by atomic mass is 10.1. The summed E-state index contributed by atoms with van der Waals surface area (Å²) in [5.74, 6) is 2.21. The van der Waals surface area contributed by atoms with Gasteiger partial charge in [-0.05, 0) is 37.1 Å². The van der Waals surface area contributed by atoms with Crippen molar-refractivity contribution >= 4 is 15.7 Å². The van der Waals surface area contributed by atoms with Crippen molar-refractivity contribution in [3.05, 3.63) is 23.3 Å². The Balaban J connectivity index is 3.24. The van der Waals surface area contributed by atoms with E-state index in [1.165, 1.54) is 0 Å². The molecule has 0 aliphatic heterocycles. The Morgan fingerprint density at radius 2 is 1.94 bits per heavy atom. The van der Waals surface area contributed by atoms with E-state index < -0.39 is 10.0 Å². The number of nitrogens with one attached hydrogen (secondary N) is 1. The highest BCUT2D eigenvalue weighted by Crippen LogP contribution is 2.22. The number of sulfonamides is 1. The SMILES string of the molecule is C#CCNS(=O)(=O)c1cc(C)c(C)cc1N. The molecule has 4 nitrogen and oxygen atoms in total. The maximum Gasteiger partial charge on any atom is 0.243 e. The van der Waals surface area contributed by atoms with E-state index in [9.17, 15) is 8.42 Å². The fraction of sp³-hybridized carbons (Fsp3) is 0.273. The van der Waals surface area contributed by atoms with Crippen LogP contribution in [0, 0.1) is 26.2 Å². The van der Waals surface area contributed by atoms with E-state index in [2.05, 4.69) is 10.6 Å². The summed E-state index contributed by atoms with van der Waals surface area (Å²) in [5, 5.41) is 0. The predicted molar refractivity (Wildman–Crippen MR) is 64.3 cm³/mol. The fourth-order valence-electron chi connectivity index (χ4n) is 1.26. The maximum atomic E-state index is 11.8. The molecule has 1 aromatic carbocycles. The molecule has 0 atom stereocenters. The lowest BCUT2D eigenvalue weighted by molar-refractivity contribution is 0.586. The van der Waals surface area contributed by atoms with Crippen molar-refractivity contribution < 1.29 is 8.42 Å². The molecule has 0 bridgehead atoms. The molecule has 0 fully saturated rings. The first kappa shape index (κ1) is 12.6. The molecule has 0 aliphatic rings. The Morgan fingerprint density at radius 1 is 1.38 bits per heavy atom. The molecule has 0 aromatic heterocycles. The van der Waals surface area contributed by atoms with Crippen molar-refractivity contribution in [1.29, 1.82) is 0 Å². The van der Waals surface area contributed by atoms with Crippen molar-refractivity contribution in [2.24, 2.45) is 0 Å². The van der Waals surface area contributed by atoms with Crippen LogP contribution in [0.1, 0.15) is 11.1 Å². The van der Waals surface area contributed by atoms with Crippen molar-refractivity contribution in [2.45, 2.75) is 18.7 Å². The summed E-state index contributed by atoms with van der Waals surface area (Å²) in [6.45, 7) is 3.65. The van der Waals surface area contributed by atoms with Gasteiger partial charge in [-0.2, -0.15) is 4.72 Å². The van der Waals surface area contributed by atoms with E-state index in [1.807, 2.05) is 13.8 Å². The first-order chi connectivity index (χ1) is 7.38. The molecule has 0 amide bonds. The summed E-state index contributed by atoms with van der Waals surface area (Å²) in [5.41, 5.74) is 7.73. The van der Waals surface area contributed by atoms with E-state index in [-0.39, 0.29) is 17.1 Å². The molecule has 0 heterocycles. The summed E-state index contributed by atoms with van der Waals surface area (Å²) < 4.78 is 25.8. The molecule has 1 rings (SSSR count). The van der Waals surface area contributed by atoms with Crippen LogP contribution in [0.2, 0.25) is 0 Å². The van der Waals surface area contributed by atoms with Gasteiger partial charge in [-0.15, -0.1) is 6.42 Å². The van der Waals surface area contributed by atoms with Crippen LogP contribution < -0.4 is 10.5 Å². The zero-order valence-electron chi connectivity index (χ0n) is 9.24. The lowest BCUT2D eigenvalue weighted by Crippen LogP contribution is -2.25. The van der Waals surface area contributed by atoms with E-state index >= 15 is 0 Å².